The van der Waals surface area contributed by atoms with Crippen LogP contribution in [0, 0.1) is 0 Å². The van der Waals surface area contributed by atoms with E-state index in [0.29, 0.717) is 23.3 Å². The molecular formula is C18H22ClN5O2S. The molecule has 0 bridgehead atoms. The van der Waals surface area contributed by atoms with E-state index >= 15 is 0 Å². The second-order valence-electron chi connectivity index (χ2n) is 6.12. The second kappa shape index (κ2) is 9.87. The monoisotopic (exact) mass is 407 g/mol. The highest BCUT2D eigenvalue weighted by Gasteiger charge is 2.21. The molecule has 9 heteroatoms. The summed E-state index contributed by atoms with van der Waals surface area (Å²) in [6.45, 7) is 1.06. The number of rotatable bonds is 8. The molecule has 0 saturated heterocycles. The number of benzene rings is 1. The summed E-state index contributed by atoms with van der Waals surface area (Å²) in [5, 5.41) is 12.9. The number of amides is 1. The van der Waals surface area contributed by atoms with Gasteiger partial charge in [-0.25, -0.2) is 0 Å². The first kappa shape index (κ1) is 19.9. The maximum absolute atomic E-state index is 12.9. The van der Waals surface area contributed by atoms with E-state index in [1.165, 1.54) is 18.2 Å². The fourth-order valence-corrected chi connectivity index (χ4v) is 3.87. The fraction of sp³-hybridized carbons (Fsp3) is 0.444. The summed E-state index contributed by atoms with van der Waals surface area (Å²) in [4.78, 5) is 14.7. The van der Waals surface area contributed by atoms with Gasteiger partial charge in [0.15, 0.2) is 0 Å². The van der Waals surface area contributed by atoms with Gasteiger partial charge >= 0.3 is 0 Å². The van der Waals surface area contributed by atoms with Gasteiger partial charge in [-0.05, 0) is 54.3 Å². The van der Waals surface area contributed by atoms with E-state index in [4.69, 9.17) is 16.3 Å². The van der Waals surface area contributed by atoms with Crippen LogP contribution in [0.25, 0.3) is 5.69 Å². The number of halogens is 1. The quantitative estimate of drug-likeness (QED) is 0.625. The Morgan fingerprint density at radius 2 is 2.30 bits per heavy atom. The largest absolute Gasteiger partial charge is 0.383 e. The van der Waals surface area contributed by atoms with Crippen LogP contribution in [0.2, 0.25) is 5.02 Å². The average Bonchev–Trinajstić information content (AvgIpc) is 3.16. The molecule has 1 aromatic carbocycles. The summed E-state index contributed by atoms with van der Waals surface area (Å²) in [6.07, 6.45) is 6.41. The molecule has 27 heavy (non-hydrogen) atoms. The van der Waals surface area contributed by atoms with Crippen molar-refractivity contribution in [2.24, 2.45) is 0 Å². The van der Waals surface area contributed by atoms with E-state index in [9.17, 15) is 4.79 Å². The van der Waals surface area contributed by atoms with Crippen LogP contribution in [0.1, 0.15) is 25.7 Å². The third kappa shape index (κ3) is 5.31. The number of hydrogen-bond donors (Lipinski definition) is 0. The fourth-order valence-electron chi connectivity index (χ4n) is 2.92. The molecule has 0 atom stereocenters. The maximum Gasteiger partial charge on any atom is 0.237 e. The Balaban J connectivity index is 1.69. The van der Waals surface area contributed by atoms with Crippen LogP contribution >= 0.6 is 23.4 Å². The number of carbonyl (C=O) groups is 1. The minimum Gasteiger partial charge on any atom is -0.383 e. The topological polar surface area (TPSA) is 73.1 Å². The molecule has 1 amide bonds. The molecule has 2 aromatic rings. The van der Waals surface area contributed by atoms with Crippen LogP contribution in [0.4, 0.5) is 0 Å². The number of allylic oxidation sites excluding steroid dienone is 2. The van der Waals surface area contributed by atoms with Gasteiger partial charge in [-0.1, -0.05) is 35.5 Å². The molecule has 1 aliphatic carbocycles. The zero-order valence-electron chi connectivity index (χ0n) is 15.2. The lowest BCUT2D eigenvalue weighted by atomic mass is 10.0. The van der Waals surface area contributed by atoms with Gasteiger partial charge in [-0.3, -0.25) is 4.79 Å². The van der Waals surface area contributed by atoms with Crippen molar-refractivity contribution < 1.29 is 9.53 Å². The molecule has 0 spiro atoms. The number of thioether (sulfide) groups is 1. The van der Waals surface area contributed by atoms with Crippen LogP contribution in [0.15, 0.2) is 41.2 Å². The van der Waals surface area contributed by atoms with Gasteiger partial charge in [0.2, 0.25) is 11.1 Å². The molecule has 0 saturated carbocycles. The lowest BCUT2D eigenvalue weighted by Crippen LogP contribution is -2.35. The lowest BCUT2D eigenvalue weighted by Gasteiger charge is -2.27. The summed E-state index contributed by atoms with van der Waals surface area (Å²) < 4.78 is 6.76. The van der Waals surface area contributed by atoms with Crippen LogP contribution in [0.5, 0.6) is 0 Å². The molecule has 144 valence electrons. The second-order valence-corrected chi connectivity index (χ2v) is 7.50. The summed E-state index contributed by atoms with van der Waals surface area (Å²) >= 11 is 7.36. The van der Waals surface area contributed by atoms with Gasteiger partial charge in [0.25, 0.3) is 0 Å². The molecule has 0 unspecified atom stereocenters. The zero-order chi connectivity index (χ0) is 19.1. The van der Waals surface area contributed by atoms with Crippen LogP contribution in [-0.4, -0.2) is 57.0 Å². The Hall–Kier alpha value is -1.90. The van der Waals surface area contributed by atoms with Gasteiger partial charge in [-0.2, -0.15) is 4.68 Å². The maximum atomic E-state index is 12.9. The molecule has 0 radical (unpaired) electrons. The Morgan fingerprint density at radius 3 is 3.04 bits per heavy atom. The van der Waals surface area contributed by atoms with E-state index in [0.717, 1.165) is 30.6 Å². The van der Waals surface area contributed by atoms with Crippen molar-refractivity contribution in [3.63, 3.8) is 0 Å². The number of ether oxygens (including phenoxy) is 1. The number of aromatic nitrogens is 4. The number of nitrogens with zero attached hydrogens (tertiary/aromatic N) is 5. The molecular weight excluding hydrogens is 386 g/mol. The highest BCUT2D eigenvalue weighted by atomic mass is 35.5. The molecule has 0 fully saturated rings. The summed E-state index contributed by atoms with van der Waals surface area (Å²) in [7, 11) is 1.64. The first-order valence-electron chi connectivity index (χ1n) is 8.84. The lowest BCUT2D eigenvalue weighted by molar-refractivity contribution is -0.127. The Labute approximate surface area is 167 Å². The Morgan fingerprint density at radius 1 is 1.41 bits per heavy atom. The minimum atomic E-state index is 0.0332. The van der Waals surface area contributed by atoms with E-state index in [1.807, 2.05) is 17.0 Å². The number of tetrazole rings is 1. The normalized spacial score (nSPS) is 14.1. The van der Waals surface area contributed by atoms with E-state index < -0.39 is 0 Å². The van der Waals surface area contributed by atoms with Crippen LogP contribution in [-0.2, 0) is 9.53 Å². The van der Waals surface area contributed by atoms with Crippen molar-refractivity contribution in [3.05, 3.63) is 41.1 Å². The van der Waals surface area contributed by atoms with Crippen molar-refractivity contribution in [2.75, 3.05) is 26.0 Å². The van der Waals surface area contributed by atoms with Crippen molar-refractivity contribution in [3.8, 4) is 5.69 Å². The third-order valence-corrected chi connectivity index (χ3v) is 5.39. The zero-order valence-corrected chi connectivity index (χ0v) is 16.7. The average molecular weight is 408 g/mol. The van der Waals surface area contributed by atoms with Crippen molar-refractivity contribution in [1.82, 2.24) is 25.1 Å². The van der Waals surface area contributed by atoms with Gasteiger partial charge < -0.3 is 9.64 Å². The molecule has 3 rings (SSSR count). The predicted molar refractivity (Wildman–Crippen MR) is 105 cm³/mol. The number of carbonyl (C=O) groups excluding carboxylic acids is 1. The first-order valence-corrected chi connectivity index (χ1v) is 10.2. The van der Waals surface area contributed by atoms with Gasteiger partial charge in [-0.15, -0.1) is 5.10 Å². The summed E-state index contributed by atoms with van der Waals surface area (Å²) in [6, 6.07) is 7.27. The Kier molecular flexibility index (Phi) is 7.25. The van der Waals surface area contributed by atoms with Crippen molar-refractivity contribution in [1.29, 1.82) is 0 Å². The number of methoxy groups -OCH3 is 1. The van der Waals surface area contributed by atoms with Crippen LogP contribution in [0.3, 0.4) is 0 Å². The van der Waals surface area contributed by atoms with E-state index in [-0.39, 0.29) is 11.7 Å². The minimum absolute atomic E-state index is 0.0332. The molecule has 1 aliphatic rings. The van der Waals surface area contributed by atoms with Gasteiger partial charge in [0.05, 0.1) is 18.0 Å². The molecule has 1 heterocycles. The van der Waals surface area contributed by atoms with E-state index in [2.05, 4.69) is 21.6 Å². The summed E-state index contributed by atoms with van der Waals surface area (Å²) in [5.41, 5.74) is 1.85. The predicted octanol–water partition coefficient (Wildman–Crippen LogP) is 3.34. The first-order chi connectivity index (χ1) is 13.2. The standard InChI is InChI=1S/C18H22ClN5O2S/c1-26-11-10-23(15-7-3-2-4-8-15)17(25)13-27-18-20-21-22-24(18)16-9-5-6-14(19)12-16/h5-7,9,12H,2-4,8,10-11,13H2,1H3. The SMILES string of the molecule is COCCN(C(=O)CSc1nnnn1-c1cccc(Cl)c1)C1=CCCCC1. The number of hydrogen-bond acceptors (Lipinski definition) is 6. The molecule has 0 N–H and O–H groups in total. The molecule has 1 aromatic heterocycles. The molecule has 0 aliphatic heterocycles. The smallest absolute Gasteiger partial charge is 0.237 e. The van der Waals surface area contributed by atoms with Crippen molar-refractivity contribution in [2.45, 2.75) is 30.8 Å². The molecule has 7 nitrogen and oxygen atoms in total. The van der Waals surface area contributed by atoms with Crippen LogP contribution < -0.4 is 0 Å². The Bertz CT molecular complexity index is 811. The highest BCUT2D eigenvalue weighted by molar-refractivity contribution is 7.99. The van der Waals surface area contributed by atoms with Gasteiger partial charge in [0.1, 0.15) is 0 Å². The van der Waals surface area contributed by atoms with Gasteiger partial charge in [0, 0.05) is 24.4 Å². The van der Waals surface area contributed by atoms with Crippen molar-refractivity contribution >= 4 is 29.3 Å². The van der Waals surface area contributed by atoms with E-state index in [1.54, 1.807) is 23.9 Å². The third-order valence-electron chi connectivity index (χ3n) is 4.25. The summed E-state index contributed by atoms with van der Waals surface area (Å²) in [5.74, 6) is 0.285. The highest BCUT2D eigenvalue weighted by Crippen LogP contribution is 2.24.